The molecule has 0 N–H and O–H groups in total. The molecule has 0 radical (unpaired) electrons. The molecular formula is C11H14F3N. The van der Waals surface area contributed by atoms with Gasteiger partial charge < -0.3 is 0 Å². The van der Waals surface area contributed by atoms with Gasteiger partial charge in [-0.3, -0.25) is 4.98 Å². The highest BCUT2D eigenvalue weighted by Gasteiger charge is 2.34. The number of aromatic nitrogens is 1. The fourth-order valence-electron chi connectivity index (χ4n) is 1.43. The molecule has 0 aliphatic carbocycles. The highest BCUT2D eigenvalue weighted by molar-refractivity contribution is 5.31. The van der Waals surface area contributed by atoms with Gasteiger partial charge >= 0.3 is 6.18 Å². The summed E-state index contributed by atoms with van der Waals surface area (Å²) >= 11 is 0. The van der Waals surface area contributed by atoms with Gasteiger partial charge in [-0.05, 0) is 30.9 Å². The van der Waals surface area contributed by atoms with E-state index < -0.39 is 11.7 Å². The summed E-state index contributed by atoms with van der Waals surface area (Å²) in [7, 11) is 0. The van der Waals surface area contributed by atoms with Crippen molar-refractivity contribution in [2.75, 3.05) is 0 Å². The third-order valence-corrected chi connectivity index (χ3v) is 2.52. The summed E-state index contributed by atoms with van der Waals surface area (Å²) in [5, 5.41) is 0. The maximum Gasteiger partial charge on any atom is 0.416 e. The Balaban J connectivity index is 3.27. The van der Waals surface area contributed by atoms with Crippen molar-refractivity contribution in [2.24, 2.45) is 0 Å². The predicted octanol–water partition coefficient (Wildman–Crippen LogP) is 3.92. The van der Waals surface area contributed by atoms with Gasteiger partial charge in [0.05, 0.1) is 5.56 Å². The van der Waals surface area contributed by atoms with Gasteiger partial charge in [0.2, 0.25) is 0 Å². The first kappa shape index (κ1) is 12.0. The number of hydrogen-bond donors (Lipinski definition) is 0. The molecule has 1 nitrogen and oxygen atoms in total. The van der Waals surface area contributed by atoms with Crippen LogP contribution < -0.4 is 0 Å². The first-order valence-corrected chi connectivity index (χ1v) is 4.90. The van der Waals surface area contributed by atoms with Crippen LogP contribution in [0.1, 0.15) is 43.0 Å². The Hall–Kier alpha value is -1.06. The average molecular weight is 217 g/mol. The first-order valence-electron chi connectivity index (χ1n) is 4.90. The molecule has 0 saturated heterocycles. The lowest BCUT2D eigenvalue weighted by atomic mass is 9.95. The zero-order valence-electron chi connectivity index (χ0n) is 9.02. The normalized spacial score (nSPS) is 14.0. The van der Waals surface area contributed by atoms with E-state index in [9.17, 15) is 13.2 Å². The summed E-state index contributed by atoms with van der Waals surface area (Å²) in [5.74, 6) is -0.116. The van der Waals surface area contributed by atoms with E-state index in [1.54, 1.807) is 13.8 Å². The quantitative estimate of drug-likeness (QED) is 0.731. The number of aryl methyl sites for hydroxylation is 1. The van der Waals surface area contributed by atoms with Crippen LogP contribution in [-0.2, 0) is 6.18 Å². The van der Waals surface area contributed by atoms with E-state index in [4.69, 9.17) is 0 Å². The molecule has 0 amide bonds. The molecular weight excluding hydrogens is 203 g/mol. The van der Waals surface area contributed by atoms with Crippen LogP contribution in [0.4, 0.5) is 13.2 Å². The number of nitrogens with zero attached hydrogens (tertiary/aromatic N) is 1. The Morgan fingerprint density at radius 3 is 2.47 bits per heavy atom. The minimum absolute atomic E-state index is 0.116. The van der Waals surface area contributed by atoms with Crippen LogP contribution in [0.3, 0.4) is 0 Å². The second-order valence-electron chi connectivity index (χ2n) is 3.72. The molecule has 1 aromatic rings. The topological polar surface area (TPSA) is 12.9 Å². The molecule has 0 fully saturated rings. The van der Waals surface area contributed by atoms with Crippen LogP contribution in [0.25, 0.3) is 0 Å². The lowest BCUT2D eigenvalue weighted by Crippen LogP contribution is -2.12. The van der Waals surface area contributed by atoms with Gasteiger partial charge in [-0.15, -0.1) is 0 Å². The van der Waals surface area contributed by atoms with Crippen LogP contribution in [0, 0.1) is 6.92 Å². The molecule has 0 aliphatic heterocycles. The summed E-state index contributed by atoms with van der Waals surface area (Å²) in [5.41, 5.74) is 0.134. The van der Waals surface area contributed by atoms with Gasteiger partial charge in [0, 0.05) is 11.9 Å². The van der Waals surface area contributed by atoms with Crippen molar-refractivity contribution in [1.29, 1.82) is 0 Å². The predicted molar refractivity (Wildman–Crippen MR) is 52.7 cm³/mol. The van der Waals surface area contributed by atoms with Gasteiger partial charge in [-0.2, -0.15) is 13.2 Å². The summed E-state index contributed by atoms with van der Waals surface area (Å²) in [6.45, 7) is 5.21. The van der Waals surface area contributed by atoms with Crippen molar-refractivity contribution in [3.63, 3.8) is 0 Å². The van der Waals surface area contributed by atoms with Crippen molar-refractivity contribution in [3.8, 4) is 0 Å². The molecule has 4 heteroatoms. The van der Waals surface area contributed by atoms with E-state index in [1.807, 2.05) is 6.92 Å². The Bertz CT molecular complexity index is 344. The molecule has 0 saturated carbocycles. The largest absolute Gasteiger partial charge is 0.416 e. The number of halogens is 3. The van der Waals surface area contributed by atoms with Gasteiger partial charge in [-0.25, -0.2) is 0 Å². The molecule has 15 heavy (non-hydrogen) atoms. The molecule has 0 aromatic carbocycles. The van der Waals surface area contributed by atoms with Gasteiger partial charge in [0.25, 0.3) is 0 Å². The Morgan fingerprint density at radius 2 is 2.00 bits per heavy atom. The maximum atomic E-state index is 12.7. The third-order valence-electron chi connectivity index (χ3n) is 2.52. The van der Waals surface area contributed by atoms with Crippen molar-refractivity contribution < 1.29 is 13.2 Å². The van der Waals surface area contributed by atoms with E-state index in [1.165, 1.54) is 6.20 Å². The van der Waals surface area contributed by atoms with E-state index in [2.05, 4.69) is 4.98 Å². The molecule has 0 spiro atoms. The van der Waals surface area contributed by atoms with Crippen LogP contribution in [0.5, 0.6) is 0 Å². The minimum Gasteiger partial charge on any atom is -0.261 e. The standard InChI is InChI=1S/C11H14F3N/c1-4-7(2)9-6-15-8(3)5-10(9)11(12,13)14/h5-7H,4H2,1-3H3. The zero-order valence-corrected chi connectivity index (χ0v) is 9.02. The molecule has 0 aliphatic rings. The Morgan fingerprint density at radius 1 is 1.40 bits per heavy atom. The van der Waals surface area contributed by atoms with Crippen molar-refractivity contribution in [2.45, 2.75) is 39.3 Å². The number of alkyl halides is 3. The minimum atomic E-state index is -4.29. The smallest absolute Gasteiger partial charge is 0.261 e. The van der Waals surface area contributed by atoms with E-state index >= 15 is 0 Å². The second kappa shape index (κ2) is 4.21. The number of pyridine rings is 1. The van der Waals surface area contributed by atoms with Gasteiger partial charge in [0.1, 0.15) is 0 Å². The number of rotatable bonds is 2. The van der Waals surface area contributed by atoms with Crippen molar-refractivity contribution in [1.82, 2.24) is 4.98 Å². The Labute approximate surface area is 87.3 Å². The van der Waals surface area contributed by atoms with Gasteiger partial charge in [0.15, 0.2) is 0 Å². The molecule has 1 unspecified atom stereocenters. The van der Waals surface area contributed by atoms with E-state index in [0.717, 1.165) is 6.07 Å². The first-order chi connectivity index (χ1) is 6.86. The van der Waals surface area contributed by atoms with Crippen LogP contribution in [0.15, 0.2) is 12.3 Å². The second-order valence-corrected chi connectivity index (χ2v) is 3.72. The molecule has 1 rings (SSSR count). The molecule has 1 atom stereocenters. The van der Waals surface area contributed by atoms with E-state index in [0.29, 0.717) is 12.1 Å². The summed E-state index contributed by atoms with van der Waals surface area (Å²) in [4.78, 5) is 3.92. The molecule has 1 heterocycles. The fraction of sp³-hybridized carbons (Fsp3) is 0.545. The lowest BCUT2D eigenvalue weighted by molar-refractivity contribution is -0.138. The molecule has 0 bridgehead atoms. The third kappa shape index (κ3) is 2.70. The highest BCUT2D eigenvalue weighted by atomic mass is 19.4. The highest BCUT2D eigenvalue weighted by Crippen LogP contribution is 2.35. The summed E-state index contributed by atoms with van der Waals surface area (Å²) < 4.78 is 38.1. The van der Waals surface area contributed by atoms with Crippen LogP contribution in [-0.4, -0.2) is 4.98 Å². The summed E-state index contributed by atoms with van der Waals surface area (Å²) in [6.07, 6.45) is -2.27. The maximum absolute atomic E-state index is 12.7. The summed E-state index contributed by atoms with van der Waals surface area (Å²) in [6, 6.07) is 1.11. The molecule has 84 valence electrons. The average Bonchev–Trinajstić information content (AvgIpc) is 2.15. The van der Waals surface area contributed by atoms with Crippen molar-refractivity contribution in [3.05, 3.63) is 29.1 Å². The van der Waals surface area contributed by atoms with Crippen molar-refractivity contribution >= 4 is 0 Å². The fourth-order valence-corrected chi connectivity index (χ4v) is 1.43. The SMILES string of the molecule is CCC(C)c1cnc(C)cc1C(F)(F)F. The van der Waals surface area contributed by atoms with E-state index in [-0.39, 0.29) is 11.5 Å². The zero-order chi connectivity index (χ0) is 11.6. The van der Waals surface area contributed by atoms with Crippen LogP contribution >= 0.6 is 0 Å². The monoisotopic (exact) mass is 217 g/mol. The Kier molecular flexibility index (Phi) is 3.37. The number of hydrogen-bond acceptors (Lipinski definition) is 1. The molecule has 1 aromatic heterocycles. The van der Waals surface area contributed by atoms with Crippen LogP contribution in [0.2, 0.25) is 0 Å². The van der Waals surface area contributed by atoms with Gasteiger partial charge in [-0.1, -0.05) is 13.8 Å². The lowest BCUT2D eigenvalue weighted by Gasteiger charge is -2.17.